The number of amides is 1. The maximum Gasteiger partial charge on any atom is 0.328 e. The molecule has 0 aliphatic carbocycles. The maximum atomic E-state index is 12.2. The standard InChI is InChI=1S/C15H18N2O3S/c18-13(19)7-6-11-4-3-8-16-14(11)15(20)17-10-12-5-1-2-9-21-12/h3-4,6-8,12H,1-2,5,9-10H2,(H,17,20)(H,18,19)/b7-6+. The van der Waals surface area contributed by atoms with E-state index in [0.29, 0.717) is 17.4 Å². The highest BCUT2D eigenvalue weighted by molar-refractivity contribution is 7.99. The Hall–Kier alpha value is -1.82. The van der Waals surface area contributed by atoms with Crippen molar-refractivity contribution in [3.8, 4) is 0 Å². The van der Waals surface area contributed by atoms with Crippen molar-refractivity contribution < 1.29 is 14.7 Å². The van der Waals surface area contributed by atoms with Gasteiger partial charge < -0.3 is 10.4 Å². The SMILES string of the molecule is O=C(O)/C=C/c1cccnc1C(=O)NCC1CCCCS1. The van der Waals surface area contributed by atoms with E-state index in [1.54, 1.807) is 12.1 Å². The van der Waals surface area contributed by atoms with Gasteiger partial charge in [0.25, 0.3) is 5.91 Å². The number of carbonyl (C=O) groups excluding carboxylic acids is 1. The zero-order valence-corrected chi connectivity index (χ0v) is 12.4. The summed E-state index contributed by atoms with van der Waals surface area (Å²) in [5, 5.41) is 12.0. The molecule has 0 spiro atoms. The summed E-state index contributed by atoms with van der Waals surface area (Å²) in [4.78, 5) is 26.8. The van der Waals surface area contributed by atoms with Gasteiger partial charge in [-0.1, -0.05) is 12.5 Å². The molecule has 21 heavy (non-hydrogen) atoms. The number of hydrogen-bond acceptors (Lipinski definition) is 4. The zero-order chi connectivity index (χ0) is 15.1. The van der Waals surface area contributed by atoms with Gasteiger partial charge in [0, 0.05) is 29.6 Å². The summed E-state index contributed by atoms with van der Waals surface area (Å²) < 4.78 is 0. The van der Waals surface area contributed by atoms with E-state index in [-0.39, 0.29) is 11.6 Å². The van der Waals surface area contributed by atoms with Crippen LogP contribution in [-0.4, -0.2) is 39.5 Å². The van der Waals surface area contributed by atoms with Crippen LogP contribution < -0.4 is 5.32 Å². The molecule has 112 valence electrons. The van der Waals surface area contributed by atoms with Crippen LogP contribution in [-0.2, 0) is 4.79 Å². The Morgan fingerprint density at radius 1 is 1.48 bits per heavy atom. The summed E-state index contributed by atoms with van der Waals surface area (Å²) in [5.41, 5.74) is 0.768. The molecule has 0 aromatic carbocycles. The van der Waals surface area contributed by atoms with Crippen LogP contribution in [0.1, 0.15) is 35.3 Å². The third-order valence-electron chi connectivity index (χ3n) is 3.22. The highest BCUT2D eigenvalue weighted by Crippen LogP contribution is 2.24. The highest BCUT2D eigenvalue weighted by Gasteiger charge is 2.17. The summed E-state index contributed by atoms with van der Waals surface area (Å²) >= 11 is 1.89. The minimum Gasteiger partial charge on any atom is -0.478 e. The Balaban J connectivity index is 1.99. The van der Waals surface area contributed by atoms with Crippen LogP contribution in [0.25, 0.3) is 6.08 Å². The van der Waals surface area contributed by atoms with Gasteiger partial charge in [-0.25, -0.2) is 4.79 Å². The van der Waals surface area contributed by atoms with Crippen molar-refractivity contribution in [1.82, 2.24) is 10.3 Å². The summed E-state index contributed by atoms with van der Waals surface area (Å²) in [6.45, 7) is 0.627. The average Bonchev–Trinajstić information content (AvgIpc) is 2.52. The Kier molecular flexibility index (Phi) is 5.80. The Morgan fingerprint density at radius 3 is 3.05 bits per heavy atom. The summed E-state index contributed by atoms with van der Waals surface area (Å²) in [6, 6.07) is 3.35. The maximum absolute atomic E-state index is 12.2. The number of nitrogens with one attached hydrogen (secondary N) is 1. The van der Waals surface area contributed by atoms with E-state index in [0.717, 1.165) is 18.2 Å². The molecule has 0 radical (unpaired) electrons. The second kappa shape index (κ2) is 7.83. The number of carboxylic acid groups (broad SMARTS) is 1. The third kappa shape index (κ3) is 4.90. The number of pyridine rings is 1. The lowest BCUT2D eigenvalue weighted by Crippen LogP contribution is -2.32. The lowest BCUT2D eigenvalue weighted by molar-refractivity contribution is -0.131. The Morgan fingerprint density at radius 2 is 2.33 bits per heavy atom. The van der Waals surface area contributed by atoms with Crippen molar-refractivity contribution in [3.05, 3.63) is 35.7 Å². The van der Waals surface area contributed by atoms with Gasteiger partial charge in [0.15, 0.2) is 0 Å². The molecule has 2 N–H and O–H groups in total. The molecule has 2 heterocycles. The van der Waals surface area contributed by atoms with Crippen molar-refractivity contribution in [1.29, 1.82) is 0 Å². The number of aliphatic carboxylic acids is 1. The number of nitrogens with zero attached hydrogens (tertiary/aromatic N) is 1. The van der Waals surface area contributed by atoms with E-state index in [9.17, 15) is 9.59 Å². The molecule has 2 rings (SSSR count). The van der Waals surface area contributed by atoms with Gasteiger partial charge in [0.1, 0.15) is 5.69 Å². The molecular weight excluding hydrogens is 288 g/mol. The minimum atomic E-state index is -1.05. The second-order valence-electron chi connectivity index (χ2n) is 4.81. The zero-order valence-electron chi connectivity index (χ0n) is 11.6. The minimum absolute atomic E-state index is 0.258. The number of carboxylic acids is 1. The molecule has 0 saturated carbocycles. The van der Waals surface area contributed by atoms with Crippen molar-refractivity contribution in [2.24, 2.45) is 0 Å². The van der Waals surface area contributed by atoms with E-state index < -0.39 is 5.97 Å². The molecule has 1 aromatic heterocycles. The van der Waals surface area contributed by atoms with Crippen molar-refractivity contribution in [2.45, 2.75) is 24.5 Å². The van der Waals surface area contributed by atoms with Gasteiger partial charge in [-0.15, -0.1) is 0 Å². The van der Waals surface area contributed by atoms with Crippen LogP contribution in [0.2, 0.25) is 0 Å². The number of aromatic nitrogens is 1. The smallest absolute Gasteiger partial charge is 0.328 e. The molecule has 0 bridgehead atoms. The second-order valence-corrected chi connectivity index (χ2v) is 6.22. The van der Waals surface area contributed by atoms with Gasteiger partial charge in [0.2, 0.25) is 0 Å². The van der Waals surface area contributed by atoms with Crippen molar-refractivity contribution in [2.75, 3.05) is 12.3 Å². The van der Waals surface area contributed by atoms with Crippen LogP contribution in [0.15, 0.2) is 24.4 Å². The first-order chi connectivity index (χ1) is 10.2. The van der Waals surface area contributed by atoms with Gasteiger partial charge >= 0.3 is 5.97 Å². The topological polar surface area (TPSA) is 79.3 Å². The normalized spacial score (nSPS) is 18.6. The number of hydrogen-bond donors (Lipinski definition) is 2. The Bertz CT molecular complexity index is 539. The molecule has 1 aromatic rings. The first kappa shape index (κ1) is 15.6. The van der Waals surface area contributed by atoms with E-state index in [4.69, 9.17) is 5.11 Å². The van der Waals surface area contributed by atoms with E-state index in [1.807, 2.05) is 11.8 Å². The number of rotatable bonds is 5. The molecule has 1 unspecified atom stereocenters. The van der Waals surface area contributed by atoms with Gasteiger partial charge in [0.05, 0.1) is 0 Å². The van der Waals surface area contributed by atoms with Crippen LogP contribution in [0, 0.1) is 0 Å². The molecule has 1 amide bonds. The lowest BCUT2D eigenvalue weighted by Gasteiger charge is -2.21. The Labute approximate surface area is 127 Å². The summed E-state index contributed by atoms with van der Waals surface area (Å²) in [5.74, 6) is -0.160. The molecular formula is C15H18N2O3S. The van der Waals surface area contributed by atoms with Crippen LogP contribution >= 0.6 is 11.8 Å². The van der Waals surface area contributed by atoms with Crippen LogP contribution in [0.5, 0.6) is 0 Å². The number of carbonyl (C=O) groups is 2. The molecule has 5 nitrogen and oxygen atoms in total. The van der Waals surface area contributed by atoms with Crippen molar-refractivity contribution in [3.63, 3.8) is 0 Å². The average molecular weight is 306 g/mol. The van der Waals surface area contributed by atoms with Crippen LogP contribution in [0.3, 0.4) is 0 Å². The van der Waals surface area contributed by atoms with E-state index in [2.05, 4.69) is 10.3 Å². The molecule has 6 heteroatoms. The summed E-state index contributed by atoms with van der Waals surface area (Å²) in [7, 11) is 0. The van der Waals surface area contributed by atoms with E-state index >= 15 is 0 Å². The van der Waals surface area contributed by atoms with Gasteiger partial charge in [-0.3, -0.25) is 9.78 Å². The fourth-order valence-corrected chi connectivity index (χ4v) is 3.40. The van der Waals surface area contributed by atoms with Crippen molar-refractivity contribution >= 4 is 29.7 Å². The fourth-order valence-electron chi connectivity index (χ4n) is 2.16. The molecule has 1 aliphatic rings. The predicted molar refractivity (Wildman–Crippen MR) is 83.3 cm³/mol. The number of thioether (sulfide) groups is 1. The molecule has 1 aliphatic heterocycles. The van der Waals surface area contributed by atoms with Gasteiger partial charge in [-0.2, -0.15) is 11.8 Å². The summed E-state index contributed by atoms with van der Waals surface area (Å²) in [6.07, 6.45) is 7.51. The largest absolute Gasteiger partial charge is 0.478 e. The van der Waals surface area contributed by atoms with Gasteiger partial charge in [-0.05, 0) is 30.7 Å². The molecule has 1 saturated heterocycles. The predicted octanol–water partition coefficient (Wildman–Crippen LogP) is 2.19. The monoisotopic (exact) mass is 306 g/mol. The highest BCUT2D eigenvalue weighted by atomic mass is 32.2. The third-order valence-corrected chi connectivity index (χ3v) is 4.62. The van der Waals surface area contributed by atoms with E-state index in [1.165, 1.54) is 25.1 Å². The molecule has 1 atom stereocenters. The lowest BCUT2D eigenvalue weighted by atomic mass is 10.1. The first-order valence-electron chi connectivity index (χ1n) is 6.92. The fraction of sp³-hybridized carbons (Fsp3) is 0.400. The quantitative estimate of drug-likeness (QED) is 0.815. The first-order valence-corrected chi connectivity index (χ1v) is 7.97. The molecule has 1 fully saturated rings. The van der Waals surface area contributed by atoms with Crippen LogP contribution in [0.4, 0.5) is 0 Å².